The van der Waals surface area contributed by atoms with E-state index in [-0.39, 0.29) is 10.8 Å². The topological polar surface area (TPSA) is 21.3 Å². The minimum atomic E-state index is -0.353. The molecule has 1 unspecified atom stereocenters. The molecule has 100 valence electrons. The van der Waals surface area contributed by atoms with Crippen molar-refractivity contribution in [3.8, 4) is 5.75 Å². The third-order valence-electron chi connectivity index (χ3n) is 3.55. The summed E-state index contributed by atoms with van der Waals surface area (Å²) < 4.78 is 19.1. The molecule has 1 aliphatic rings. The largest absolute Gasteiger partial charge is 0.496 e. The minimum absolute atomic E-state index is 0.211. The van der Waals surface area contributed by atoms with Gasteiger partial charge in [-0.2, -0.15) is 0 Å². The standard InChI is InChI=1S/C14H19ClFNO/c1-9-6-12(16)13(15)11(14(9)18-2)7-10-4-3-5-17-8-10/h6,10,17H,3-5,7-8H2,1-2H3. The normalized spacial score (nSPS) is 19.9. The van der Waals surface area contributed by atoms with Gasteiger partial charge in [-0.05, 0) is 56.8 Å². The molecule has 1 heterocycles. The Hall–Kier alpha value is -0.800. The number of ether oxygens (including phenoxy) is 1. The molecule has 1 N–H and O–H groups in total. The molecule has 2 rings (SSSR count). The van der Waals surface area contributed by atoms with Gasteiger partial charge in [0.2, 0.25) is 0 Å². The Morgan fingerprint density at radius 3 is 2.94 bits per heavy atom. The van der Waals surface area contributed by atoms with Crippen molar-refractivity contribution in [3.63, 3.8) is 0 Å². The molecule has 1 aromatic carbocycles. The maximum Gasteiger partial charge on any atom is 0.142 e. The van der Waals surface area contributed by atoms with E-state index in [1.165, 1.54) is 12.5 Å². The minimum Gasteiger partial charge on any atom is -0.496 e. The van der Waals surface area contributed by atoms with Gasteiger partial charge in [0.1, 0.15) is 11.6 Å². The molecule has 18 heavy (non-hydrogen) atoms. The maximum absolute atomic E-state index is 13.7. The van der Waals surface area contributed by atoms with E-state index in [1.807, 2.05) is 6.92 Å². The van der Waals surface area contributed by atoms with Gasteiger partial charge in [0.25, 0.3) is 0 Å². The molecule has 1 aliphatic heterocycles. The van der Waals surface area contributed by atoms with Crippen molar-refractivity contribution < 1.29 is 9.13 Å². The second-order valence-electron chi connectivity index (χ2n) is 4.92. The molecule has 2 nitrogen and oxygen atoms in total. The number of benzene rings is 1. The zero-order valence-corrected chi connectivity index (χ0v) is 11.6. The molecule has 0 radical (unpaired) electrons. The molecular formula is C14H19ClFNO. The summed E-state index contributed by atoms with van der Waals surface area (Å²) in [5.74, 6) is 0.882. The van der Waals surface area contributed by atoms with Gasteiger partial charge in [0, 0.05) is 5.56 Å². The predicted molar refractivity (Wildman–Crippen MR) is 72.0 cm³/mol. The highest BCUT2D eigenvalue weighted by molar-refractivity contribution is 6.31. The molecule has 0 bridgehead atoms. The van der Waals surface area contributed by atoms with Crippen LogP contribution < -0.4 is 10.1 Å². The quantitative estimate of drug-likeness (QED) is 0.910. The first-order valence-corrected chi connectivity index (χ1v) is 6.73. The Morgan fingerprint density at radius 1 is 1.56 bits per heavy atom. The Kier molecular flexibility index (Phi) is 4.46. The van der Waals surface area contributed by atoms with E-state index in [0.29, 0.717) is 5.92 Å². The van der Waals surface area contributed by atoms with Crippen LogP contribution in [0.2, 0.25) is 5.02 Å². The zero-order chi connectivity index (χ0) is 13.1. The van der Waals surface area contributed by atoms with Gasteiger partial charge in [-0.25, -0.2) is 4.39 Å². The summed E-state index contributed by atoms with van der Waals surface area (Å²) in [5.41, 5.74) is 1.61. The fourth-order valence-corrected chi connectivity index (χ4v) is 2.87. The number of hydrogen-bond acceptors (Lipinski definition) is 2. The molecule has 0 aliphatic carbocycles. The average Bonchev–Trinajstić information content (AvgIpc) is 2.37. The van der Waals surface area contributed by atoms with Crippen LogP contribution in [-0.2, 0) is 6.42 Å². The molecule has 0 amide bonds. The fourth-order valence-electron chi connectivity index (χ4n) is 2.65. The lowest BCUT2D eigenvalue weighted by atomic mass is 9.91. The van der Waals surface area contributed by atoms with Crippen LogP contribution in [0.1, 0.15) is 24.0 Å². The highest BCUT2D eigenvalue weighted by Crippen LogP contribution is 2.35. The van der Waals surface area contributed by atoms with Crippen molar-refractivity contribution in [3.05, 3.63) is 28.0 Å². The van der Waals surface area contributed by atoms with E-state index >= 15 is 0 Å². The molecule has 1 saturated heterocycles. The first kappa shape index (κ1) is 13.6. The summed E-state index contributed by atoms with van der Waals surface area (Å²) in [6.45, 7) is 3.89. The van der Waals surface area contributed by atoms with Crippen molar-refractivity contribution in [2.75, 3.05) is 20.2 Å². The van der Waals surface area contributed by atoms with Gasteiger partial charge in [0.15, 0.2) is 0 Å². The lowest BCUT2D eigenvalue weighted by Crippen LogP contribution is -2.31. The van der Waals surface area contributed by atoms with Crippen LogP contribution in [-0.4, -0.2) is 20.2 Å². The Labute approximate surface area is 112 Å². The summed E-state index contributed by atoms with van der Waals surface area (Å²) >= 11 is 6.09. The van der Waals surface area contributed by atoms with E-state index < -0.39 is 0 Å². The highest BCUT2D eigenvalue weighted by atomic mass is 35.5. The number of hydrogen-bond donors (Lipinski definition) is 1. The maximum atomic E-state index is 13.7. The van der Waals surface area contributed by atoms with E-state index in [4.69, 9.17) is 16.3 Å². The highest BCUT2D eigenvalue weighted by Gasteiger charge is 2.21. The summed E-state index contributed by atoms with van der Waals surface area (Å²) in [5, 5.41) is 3.57. The van der Waals surface area contributed by atoms with Crippen LogP contribution in [0.3, 0.4) is 0 Å². The summed E-state index contributed by atoms with van der Waals surface area (Å²) in [7, 11) is 1.61. The third kappa shape index (κ3) is 2.78. The monoisotopic (exact) mass is 271 g/mol. The van der Waals surface area contributed by atoms with E-state index in [9.17, 15) is 4.39 Å². The van der Waals surface area contributed by atoms with Crippen molar-refractivity contribution in [1.82, 2.24) is 5.32 Å². The number of aryl methyl sites for hydroxylation is 1. The zero-order valence-electron chi connectivity index (χ0n) is 10.9. The van der Waals surface area contributed by atoms with Crippen LogP contribution in [0, 0.1) is 18.7 Å². The number of nitrogens with one attached hydrogen (secondary N) is 1. The molecule has 1 fully saturated rings. The van der Waals surface area contributed by atoms with Crippen LogP contribution in [0.4, 0.5) is 4.39 Å². The van der Waals surface area contributed by atoms with Gasteiger partial charge in [-0.1, -0.05) is 11.6 Å². The van der Waals surface area contributed by atoms with Crippen molar-refractivity contribution >= 4 is 11.6 Å². The smallest absolute Gasteiger partial charge is 0.142 e. The molecule has 1 aromatic rings. The molecular weight excluding hydrogens is 253 g/mol. The fraction of sp³-hybridized carbons (Fsp3) is 0.571. The number of piperidine rings is 1. The molecule has 0 spiro atoms. The summed E-state index contributed by atoms with van der Waals surface area (Å²) in [6.07, 6.45) is 3.09. The van der Waals surface area contributed by atoms with Crippen molar-refractivity contribution in [2.45, 2.75) is 26.2 Å². The second-order valence-corrected chi connectivity index (χ2v) is 5.30. The Morgan fingerprint density at radius 2 is 2.33 bits per heavy atom. The van der Waals surface area contributed by atoms with Crippen LogP contribution in [0.5, 0.6) is 5.75 Å². The predicted octanol–water partition coefficient (Wildman–Crippen LogP) is 3.34. The van der Waals surface area contributed by atoms with Crippen LogP contribution in [0.15, 0.2) is 6.07 Å². The number of rotatable bonds is 3. The van der Waals surface area contributed by atoms with Gasteiger partial charge in [0.05, 0.1) is 12.1 Å². The summed E-state index contributed by atoms with van der Waals surface area (Å²) in [6, 6.07) is 1.43. The Balaban J connectivity index is 2.29. The first-order chi connectivity index (χ1) is 8.63. The average molecular weight is 272 g/mol. The number of halogens is 2. The van der Waals surface area contributed by atoms with Gasteiger partial charge >= 0.3 is 0 Å². The SMILES string of the molecule is COc1c(C)cc(F)c(Cl)c1CC1CCCNC1. The second kappa shape index (κ2) is 5.89. The molecule has 0 aromatic heterocycles. The lowest BCUT2D eigenvalue weighted by Gasteiger charge is -2.24. The van der Waals surface area contributed by atoms with Gasteiger partial charge in [-0.3, -0.25) is 0 Å². The molecule has 4 heteroatoms. The van der Waals surface area contributed by atoms with Gasteiger partial charge in [-0.15, -0.1) is 0 Å². The summed E-state index contributed by atoms with van der Waals surface area (Å²) in [4.78, 5) is 0. The van der Waals surface area contributed by atoms with Crippen molar-refractivity contribution in [2.24, 2.45) is 5.92 Å². The van der Waals surface area contributed by atoms with E-state index in [2.05, 4.69) is 5.32 Å². The van der Waals surface area contributed by atoms with Crippen LogP contribution in [0.25, 0.3) is 0 Å². The Bertz CT molecular complexity index is 430. The third-order valence-corrected chi connectivity index (χ3v) is 3.95. The van der Waals surface area contributed by atoms with Crippen molar-refractivity contribution in [1.29, 1.82) is 0 Å². The first-order valence-electron chi connectivity index (χ1n) is 6.35. The van der Waals surface area contributed by atoms with E-state index in [0.717, 1.165) is 42.8 Å². The number of methoxy groups -OCH3 is 1. The van der Waals surface area contributed by atoms with E-state index in [1.54, 1.807) is 7.11 Å². The van der Waals surface area contributed by atoms with Gasteiger partial charge < -0.3 is 10.1 Å². The molecule has 0 saturated carbocycles. The molecule has 1 atom stereocenters. The van der Waals surface area contributed by atoms with Crippen LogP contribution >= 0.6 is 11.6 Å². The lowest BCUT2D eigenvalue weighted by molar-refractivity contribution is 0.362.